The highest BCUT2D eigenvalue weighted by Gasteiger charge is 2.27. The molecule has 1 heterocycles. The van der Waals surface area contributed by atoms with E-state index in [9.17, 15) is 17.6 Å². The number of carbonyl (C=O) groups is 1. The highest BCUT2D eigenvalue weighted by Crippen LogP contribution is 2.24. The summed E-state index contributed by atoms with van der Waals surface area (Å²) in [5, 5.41) is 8.59. The normalized spacial score (nSPS) is 13.6. The van der Waals surface area contributed by atoms with Gasteiger partial charge in [0, 0.05) is 9.75 Å². The van der Waals surface area contributed by atoms with Crippen molar-refractivity contribution in [2.24, 2.45) is 0 Å². The molecule has 0 saturated carbocycles. The maximum Gasteiger partial charge on any atom is 0.324 e. The fourth-order valence-electron chi connectivity index (χ4n) is 1.27. The molecule has 0 aromatic carbocycles. The molecule has 2 N–H and O–H groups in total. The number of thiophene rings is 1. The van der Waals surface area contributed by atoms with Gasteiger partial charge in [0.2, 0.25) is 10.0 Å². The van der Waals surface area contributed by atoms with Gasteiger partial charge in [-0.3, -0.25) is 4.79 Å². The molecule has 96 valence electrons. The average Bonchev–Trinajstić information content (AvgIpc) is 2.54. The molecule has 1 atom stereocenters. The fraction of sp³-hybridized carbons (Fsp3) is 0.444. The first-order chi connectivity index (χ1) is 7.77. The molecule has 0 aliphatic heterocycles. The maximum absolute atomic E-state index is 12.4. The Morgan fingerprint density at radius 2 is 2.18 bits per heavy atom. The third kappa shape index (κ3) is 3.24. The van der Waals surface area contributed by atoms with Gasteiger partial charge in [-0.1, -0.05) is 0 Å². The molecule has 1 rings (SSSR count). The zero-order chi connectivity index (χ0) is 13.2. The van der Waals surface area contributed by atoms with Crippen LogP contribution in [0.4, 0.5) is 4.39 Å². The molecule has 0 aliphatic carbocycles. The van der Waals surface area contributed by atoms with E-state index in [0.29, 0.717) is 4.88 Å². The summed E-state index contributed by atoms with van der Waals surface area (Å²) in [4.78, 5) is 11.9. The summed E-state index contributed by atoms with van der Waals surface area (Å²) in [5.41, 5.74) is 0. The Labute approximate surface area is 102 Å². The summed E-state index contributed by atoms with van der Waals surface area (Å²) in [6.07, 6.45) is 0. The third-order valence-electron chi connectivity index (χ3n) is 2.03. The van der Waals surface area contributed by atoms with Gasteiger partial charge in [-0.05, 0) is 19.9 Å². The van der Waals surface area contributed by atoms with Gasteiger partial charge in [0.25, 0.3) is 0 Å². The molecule has 17 heavy (non-hydrogen) atoms. The predicted molar refractivity (Wildman–Crippen MR) is 61.5 cm³/mol. The summed E-state index contributed by atoms with van der Waals surface area (Å²) >= 11 is 1.28. The standard InChI is InChI=1S/C9H12FNO4S2/c1-5-3-8(6(2)16-5)17(14,15)11-7(4-10)9(12)13/h3,7,11H,4H2,1-2H3,(H,12,13)/t7-/m1/s1. The first-order valence-corrected chi connectivity index (χ1v) is 6.96. The van der Waals surface area contributed by atoms with Crippen LogP contribution in [0, 0.1) is 13.8 Å². The summed E-state index contributed by atoms with van der Waals surface area (Å²) < 4.78 is 37.8. The number of aliphatic carboxylic acids is 1. The quantitative estimate of drug-likeness (QED) is 0.845. The second-order valence-corrected chi connectivity index (χ2v) is 6.59. The van der Waals surface area contributed by atoms with Crippen LogP contribution in [-0.4, -0.2) is 32.2 Å². The number of hydrogen-bond donors (Lipinski definition) is 2. The Morgan fingerprint density at radius 3 is 2.53 bits per heavy atom. The van der Waals surface area contributed by atoms with Crippen LogP contribution in [0.25, 0.3) is 0 Å². The van der Waals surface area contributed by atoms with Crippen LogP contribution in [-0.2, 0) is 14.8 Å². The lowest BCUT2D eigenvalue weighted by Gasteiger charge is -2.10. The van der Waals surface area contributed by atoms with E-state index >= 15 is 0 Å². The van der Waals surface area contributed by atoms with Crippen molar-refractivity contribution in [1.82, 2.24) is 4.72 Å². The summed E-state index contributed by atoms with van der Waals surface area (Å²) in [6, 6.07) is -0.320. The molecule has 0 radical (unpaired) electrons. The highest BCUT2D eigenvalue weighted by atomic mass is 32.2. The molecule has 0 aliphatic rings. The fourth-order valence-corrected chi connectivity index (χ4v) is 4.00. The summed E-state index contributed by atoms with van der Waals surface area (Å²) in [6.45, 7) is 2.05. The Kier molecular flexibility index (Phi) is 4.23. The van der Waals surface area contributed by atoms with E-state index in [2.05, 4.69) is 0 Å². The number of halogens is 1. The van der Waals surface area contributed by atoms with E-state index in [1.54, 1.807) is 13.8 Å². The molecule has 5 nitrogen and oxygen atoms in total. The van der Waals surface area contributed by atoms with Gasteiger partial charge in [0.15, 0.2) is 0 Å². The number of carboxylic acids is 1. The van der Waals surface area contributed by atoms with Crippen LogP contribution in [0.15, 0.2) is 11.0 Å². The van der Waals surface area contributed by atoms with Crippen molar-refractivity contribution in [3.8, 4) is 0 Å². The van der Waals surface area contributed by atoms with Crippen molar-refractivity contribution in [3.05, 3.63) is 15.8 Å². The van der Waals surface area contributed by atoms with Crippen LogP contribution in [0.2, 0.25) is 0 Å². The zero-order valence-electron chi connectivity index (χ0n) is 9.23. The Hall–Kier alpha value is -0.990. The SMILES string of the molecule is Cc1cc(S(=O)(=O)N[C@H](CF)C(=O)O)c(C)s1. The monoisotopic (exact) mass is 281 g/mol. The highest BCUT2D eigenvalue weighted by molar-refractivity contribution is 7.89. The molecular weight excluding hydrogens is 269 g/mol. The minimum absolute atomic E-state index is 0.000278. The van der Waals surface area contributed by atoms with Crippen molar-refractivity contribution in [2.45, 2.75) is 24.8 Å². The van der Waals surface area contributed by atoms with E-state index in [4.69, 9.17) is 5.11 Å². The number of hydrogen-bond acceptors (Lipinski definition) is 4. The van der Waals surface area contributed by atoms with Crippen molar-refractivity contribution in [3.63, 3.8) is 0 Å². The minimum atomic E-state index is -3.99. The lowest BCUT2D eigenvalue weighted by Crippen LogP contribution is -2.42. The van der Waals surface area contributed by atoms with Crippen LogP contribution in [0.5, 0.6) is 0 Å². The smallest absolute Gasteiger partial charge is 0.324 e. The van der Waals surface area contributed by atoms with Crippen molar-refractivity contribution < 1.29 is 22.7 Å². The number of nitrogens with one attached hydrogen (secondary N) is 1. The van der Waals surface area contributed by atoms with E-state index in [1.165, 1.54) is 17.4 Å². The second kappa shape index (κ2) is 5.11. The van der Waals surface area contributed by atoms with Crippen LogP contribution in [0.3, 0.4) is 0 Å². The van der Waals surface area contributed by atoms with E-state index < -0.39 is 28.7 Å². The molecule has 0 fully saturated rings. The molecule has 1 aromatic heterocycles. The van der Waals surface area contributed by atoms with E-state index in [-0.39, 0.29) is 4.90 Å². The van der Waals surface area contributed by atoms with Crippen molar-refractivity contribution in [1.29, 1.82) is 0 Å². The third-order valence-corrected chi connectivity index (χ3v) is 4.73. The first-order valence-electron chi connectivity index (χ1n) is 4.66. The predicted octanol–water partition coefficient (Wildman–Crippen LogP) is 1.07. The van der Waals surface area contributed by atoms with Crippen LogP contribution >= 0.6 is 11.3 Å². The topological polar surface area (TPSA) is 83.5 Å². The van der Waals surface area contributed by atoms with Gasteiger partial charge in [-0.15, -0.1) is 11.3 Å². The Morgan fingerprint density at radius 1 is 1.59 bits per heavy atom. The number of rotatable bonds is 5. The summed E-state index contributed by atoms with van der Waals surface area (Å²) in [7, 11) is -3.99. The largest absolute Gasteiger partial charge is 0.480 e. The second-order valence-electron chi connectivity index (χ2n) is 3.44. The molecule has 0 spiro atoms. The lowest BCUT2D eigenvalue weighted by molar-refractivity contribution is -0.139. The molecule has 0 unspecified atom stereocenters. The van der Waals surface area contributed by atoms with E-state index in [0.717, 1.165) is 4.88 Å². The first kappa shape index (κ1) is 14.1. The van der Waals surface area contributed by atoms with Gasteiger partial charge < -0.3 is 5.11 Å². The summed E-state index contributed by atoms with van der Waals surface area (Å²) in [5.74, 6) is -1.54. The van der Waals surface area contributed by atoms with Gasteiger partial charge >= 0.3 is 5.97 Å². The average molecular weight is 281 g/mol. The van der Waals surface area contributed by atoms with Crippen LogP contribution in [0.1, 0.15) is 9.75 Å². The minimum Gasteiger partial charge on any atom is -0.480 e. The molecule has 0 bridgehead atoms. The molecule has 0 amide bonds. The maximum atomic E-state index is 12.4. The molecule has 0 saturated heterocycles. The van der Waals surface area contributed by atoms with Crippen LogP contribution < -0.4 is 4.72 Å². The lowest BCUT2D eigenvalue weighted by atomic mass is 10.4. The van der Waals surface area contributed by atoms with Gasteiger partial charge in [0.05, 0.1) is 4.90 Å². The van der Waals surface area contributed by atoms with Crippen molar-refractivity contribution in [2.75, 3.05) is 6.67 Å². The van der Waals surface area contributed by atoms with Gasteiger partial charge in [-0.25, -0.2) is 12.8 Å². The molecule has 1 aromatic rings. The van der Waals surface area contributed by atoms with Crippen molar-refractivity contribution >= 4 is 27.3 Å². The number of alkyl halides is 1. The number of sulfonamides is 1. The van der Waals surface area contributed by atoms with Gasteiger partial charge in [0.1, 0.15) is 12.7 Å². The van der Waals surface area contributed by atoms with Gasteiger partial charge in [-0.2, -0.15) is 4.72 Å². The molecule has 8 heteroatoms. The number of carboxylic acid groups (broad SMARTS) is 1. The Balaban J connectivity index is 3.04. The Bertz CT molecular complexity index is 523. The number of aryl methyl sites for hydroxylation is 2. The zero-order valence-corrected chi connectivity index (χ0v) is 10.9. The van der Waals surface area contributed by atoms with E-state index in [1.807, 2.05) is 4.72 Å². The molecular formula is C9H12FNO4S2.